The second-order valence-corrected chi connectivity index (χ2v) is 5.23. The minimum Gasteiger partial charge on any atom is -0.434 e. The van der Waals surface area contributed by atoms with Crippen LogP contribution in [0.3, 0.4) is 0 Å². The number of para-hydroxylation sites is 1. The van der Waals surface area contributed by atoms with Gasteiger partial charge in [-0.3, -0.25) is 4.79 Å². The number of hydrogen-bond donors (Lipinski definition) is 2. The van der Waals surface area contributed by atoms with Gasteiger partial charge in [0, 0.05) is 12.1 Å². The molecule has 2 rings (SSSR count). The van der Waals surface area contributed by atoms with Crippen molar-refractivity contribution in [3.63, 3.8) is 0 Å². The number of nitrogens with one attached hydrogen (secondary N) is 1. The zero-order chi connectivity index (χ0) is 14.8. The summed E-state index contributed by atoms with van der Waals surface area (Å²) in [6.45, 7) is -1.08. The molecular weight excluding hydrogens is 266 g/mol. The van der Waals surface area contributed by atoms with E-state index in [4.69, 9.17) is 5.73 Å². The largest absolute Gasteiger partial charge is 0.434 e. The molecule has 1 unspecified atom stereocenters. The number of carbonyl (C=O) groups excluding carboxylic acids is 1. The van der Waals surface area contributed by atoms with Gasteiger partial charge in [0.15, 0.2) is 0 Å². The quantitative estimate of drug-likeness (QED) is 0.840. The lowest BCUT2D eigenvalue weighted by atomic mass is 9.96. The molecule has 6 heteroatoms. The maximum atomic E-state index is 12.3. The first kappa shape index (κ1) is 14.7. The molecule has 0 aliphatic heterocycles. The minimum absolute atomic E-state index is 0.0629. The van der Waals surface area contributed by atoms with Crippen LogP contribution in [0.4, 0.5) is 8.78 Å². The highest BCUT2D eigenvalue weighted by molar-refractivity contribution is 5.86. The lowest BCUT2D eigenvalue weighted by Crippen LogP contribution is -2.53. The van der Waals surface area contributed by atoms with Crippen LogP contribution >= 0.6 is 0 Å². The molecule has 0 aromatic heterocycles. The monoisotopic (exact) mass is 284 g/mol. The summed E-state index contributed by atoms with van der Waals surface area (Å²) in [5.41, 5.74) is 5.57. The van der Waals surface area contributed by atoms with E-state index in [2.05, 4.69) is 10.1 Å². The first-order valence-electron chi connectivity index (χ1n) is 6.51. The van der Waals surface area contributed by atoms with Crippen molar-refractivity contribution >= 4 is 5.91 Å². The Bertz CT molecular complexity index is 488. The van der Waals surface area contributed by atoms with E-state index in [1.807, 2.05) is 0 Å². The van der Waals surface area contributed by atoms with Crippen LogP contribution in [-0.2, 0) is 11.3 Å². The zero-order valence-corrected chi connectivity index (χ0v) is 11.2. The van der Waals surface area contributed by atoms with E-state index in [0.717, 1.165) is 12.8 Å². The maximum absolute atomic E-state index is 12.3. The molecular formula is C14H18F2N2O2. The number of alkyl halides is 2. The second kappa shape index (κ2) is 5.75. The van der Waals surface area contributed by atoms with Crippen molar-refractivity contribution in [2.45, 2.75) is 38.5 Å². The smallest absolute Gasteiger partial charge is 0.387 e. The van der Waals surface area contributed by atoms with Crippen LogP contribution in [0, 0.1) is 5.92 Å². The Labute approximate surface area is 116 Å². The molecule has 110 valence electrons. The molecule has 4 nitrogen and oxygen atoms in total. The van der Waals surface area contributed by atoms with Gasteiger partial charge in [-0.05, 0) is 31.7 Å². The lowest BCUT2D eigenvalue weighted by Gasteiger charge is -2.23. The van der Waals surface area contributed by atoms with E-state index in [0.29, 0.717) is 5.56 Å². The highest BCUT2D eigenvalue weighted by Gasteiger charge is 2.43. The van der Waals surface area contributed by atoms with Gasteiger partial charge >= 0.3 is 6.61 Å². The number of amides is 1. The van der Waals surface area contributed by atoms with Gasteiger partial charge in [0.1, 0.15) is 5.75 Å². The number of nitrogens with two attached hydrogens (primary N) is 1. The van der Waals surface area contributed by atoms with Gasteiger partial charge < -0.3 is 15.8 Å². The molecule has 20 heavy (non-hydrogen) atoms. The van der Waals surface area contributed by atoms with E-state index in [9.17, 15) is 13.6 Å². The molecule has 0 bridgehead atoms. The first-order chi connectivity index (χ1) is 9.41. The fraction of sp³-hybridized carbons (Fsp3) is 0.500. The fourth-order valence-electron chi connectivity index (χ4n) is 2.10. The molecule has 0 radical (unpaired) electrons. The second-order valence-electron chi connectivity index (χ2n) is 5.23. The Morgan fingerprint density at radius 2 is 2.15 bits per heavy atom. The van der Waals surface area contributed by atoms with Gasteiger partial charge in [0.2, 0.25) is 5.91 Å². The number of carbonyl (C=O) groups is 1. The predicted molar refractivity (Wildman–Crippen MR) is 70.2 cm³/mol. The van der Waals surface area contributed by atoms with Gasteiger partial charge in [0.25, 0.3) is 0 Å². The van der Waals surface area contributed by atoms with Crippen LogP contribution in [-0.4, -0.2) is 18.1 Å². The Morgan fingerprint density at radius 1 is 1.50 bits per heavy atom. The fourth-order valence-corrected chi connectivity index (χ4v) is 2.10. The van der Waals surface area contributed by atoms with Crippen molar-refractivity contribution in [3.05, 3.63) is 29.8 Å². The van der Waals surface area contributed by atoms with Crippen LogP contribution in [0.25, 0.3) is 0 Å². The molecule has 1 fully saturated rings. The molecule has 0 saturated heterocycles. The van der Waals surface area contributed by atoms with E-state index in [-0.39, 0.29) is 24.1 Å². The van der Waals surface area contributed by atoms with Crippen LogP contribution in [0.5, 0.6) is 5.75 Å². The van der Waals surface area contributed by atoms with Crippen LogP contribution in [0.2, 0.25) is 0 Å². The minimum atomic E-state index is -2.89. The maximum Gasteiger partial charge on any atom is 0.387 e. The van der Waals surface area contributed by atoms with Gasteiger partial charge in [-0.2, -0.15) is 8.78 Å². The van der Waals surface area contributed by atoms with Crippen molar-refractivity contribution in [1.82, 2.24) is 5.32 Å². The van der Waals surface area contributed by atoms with Gasteiger partial charge in [0.05, 0.1) is 5.54 Å². The molecule has 1 atom stereocenters. The van der Waals surface area contributed by atoms with Crippen molar-refractivity contribution in [1.29, 1.82) is 0 Å². The zero-order valence-electron chi connectivity index (χ0n) is 11.2. The number of rotatable bonds is 6. The average molecular weight is 284 g/mol. The van der Waals surface area contributed by atoms with Crippen molar-refractivity contribution in [2.24, 2.45) is 11.7 Å². The van der Waals surface area contributed by atoms with Gasteiger partial charge in [-0.1, -0.05) is 18.2 Å². The molecule has 1 aliphatic rings. The summed E-state index contributed by atoms with van der Waals surface area (Å²) < 4.78 is 29.0. The lowest BCUT2D eigenvalue weighted by molar-refractivity contribution is -0.126. The third kappa shape index (κ3) is 3.45. The summed E-state index contributed by atoms with van der Waals surface area (Å²) in [6.07, 6.45) is 1.90. The Hall–Kier alpha value is -1.69. The third-order valence-electron chi connectivity index (χ3n) is 3.54. The standard InChI is InChI=1S/C14H18F2N2O2/c1-14(17,10-6-7-10)12(19)18-8-9-4-2-3-5-11(9)20-13(15)16/h2-5,10,13H,6-8,17H2,1H3,(H,18,19). The molecule has 1 aromatic carbocycles. The number of halogens is 2. The summed E-state index contributed by atoms with van der Waals surface area (Å²) in [5.74, 6) is -0.00476. The Kier molecular flexibility index (Phi) is 4.23. The Morgan fingerprint density at radius 3 is 2.75 bits per heavy atom. The van der Waals surface area contributed by atoms with Crippen molar-refractivity contribution in [3.8, 4) is 5.75 Å². The normalized spacial score (nSPS) is 17.6. The summed E-state index contributed by atoms with van der Waals surface area (Å²) in [4.78, 5) is 12.0. The molecule has 1 aliphatic carbocycles. The van der Waals surface area contributed by atoms with Crippen molar-refractivity contribution in [2.75, 3.05) is 0 Å². The number of benzene rings is 1. The molecule has 3 N–H and O–H groups in total. The molecule has 1 amide bonds. The summed E-state index contributed by atoms with van der Waals surface area (Å²) in [7, 11) is 0. The van der Waals surface area contributed by atoms with E-state index < -0.39 is 12.2 Å². The van der Waals surface area contributed by atoms with Crippen LogP contribution in [0.15, 0.2) is 24.3 Å². The van der Waals surface area contributed by atoms with Crippen molar-refractivity contribution < 1.29 is 18.3 Å². The average Bonchev–Trinajstić information content (AvgIpc) is 3.21. The van der Waals surface area contributed by atoms with E-state index in [1.165, 1.54) is 6.07 Å². The molecule has 0 heterocycles. The number of hydrogen-bond acceptors (Lipinski definition) is 3. The topological polar surface area (TPSA) is 64.4 Å². The Balaban J connectivity index is 1.98. The molecule has 1 saturated carbocycles. The van der Waals surface area contributed by atoms with E-state index >= 15 is 0 Å². The molecule has 1 aromatic rings. The predicted octanol–water partition coefficient (Wildman–Crippen LogP) is 2.03. The SMILES string of the molecule is CC(N)(C(=O)NCc1ccccc1OC(F)F)C1CC1. The summed E-state index contributed by atoms with van der Waals surface area (Å²) in [5, 5.41) is 2.69. The highest BCUT2D eigenvalue weighted by atomic mass is 19.3. The van der Waals surface area contributed by atoms with Gasteiger partial charge in [-0.25, -0.2) is 0 Å². The third-order valence-corrected chi connectivity index (χ3v) is 3.54. The molecule has 0 spiro atoms. The highest BCUT2D eigenvalue weighted by Crippen LogP contribution is 2.38. The van der Waals surface area contributed by atoms with Gasteiger partial charge in [-0.15, -0.1) is 0 Å². The van der Waals surface area contributed by atoms with Crippen LogP contribution < -0.4 is 15.8 Å². The van der Waals surface area contributed by atoms with Crippen LogP contribution in [0.1, 0.15) is 25.3 Å². The summed E-state index contributed by atoms with van der Waals surface area (Å²) in [6, 6.07) is 6.36. The number of ether oxygens (including phenoxy) is 1. The summed E-state index contributed by atoms with van der Waals surface area (Å²) >= 11 is 0. The first-order valence-corrected chi connectivity index (χ1v) is 6.51. The van der Waals surface area contributed by atoms with E-state index in [1.54, 1.807) is 25.1 Å².